The molecule has 2 atom stereocenters. The molecule has 25 heavy (non-hydrogen) atoms. The molecule has 0 saturated heterocycles. The predicted octanol–water partition coefficient (Wildman–Crippen LogP) is 2.46. The summed E-state index contributed by atoms with van der Waals surface area (Å²) in [6.45, 7) is 1.75. The van der Waals surface area contributed by atoms with Gasteiger partial charge in [-0.15, -0.1) is 0 Å². The highest BCUT2D eigenvalue weighted by molar-refractivity contribution is 5.86. The van der Waals surface area contributed by atoms with Gasteiger partial charge in [0.25, 0.3) is 5.91 Å². The Bertz CT molecular complexity index is 776. The molecule has 130 valence electrons. The zero-order valence-corrected chi connectivity index (χ0v) is 13.8. The molecule has 0 radical (unpaired) electrons. The first-order chi connectivity index (χ1) is 12.0. The fraction of sp³-hybridized carbons (Fsp3) is 0.263. The number of rotatable bonds is 5. The summed E-state index contributed by atoms with van der Waals surface area (Å²) in [6, 6.07) is 13.7. The highest BCUT2D eigenvalue weighted by atomic mass is 19.1. The third-order valence-corrected chi connectivity index (χ3v) is 4.15. The molecule has 0 bridgehead atoms. The van der Waals surface area contributed by atoms with Crippen LogP contribution >= 0.6 is 0 Å². The van der Waals surface area contributed by atoms with Crippen molar-refractivity contribution >= 4 is 11.8 Å². The van der Waals surface area contributed by atoms with E-state index in [2.05, 4.69) is 10.9 Å². The molecule has 2 amide bonds. The van der Waals surface area contributed by atoms with E-state index in [0.717, 1.165) is 5.56 Å². The number of hydrazine groups is 1. The van der Waals surface area contributed by atoms with Gasteiger partial charge in [-0.1, -0.05) is 35.9 Å². The molecule has 1 aliphatic carbocycles. The summed E-state index contributed by atoms with van der Waals surface area (Å²) in [5.41, 5.74) is 6.32. The molecule has 1 saturated carbocycles. The summed E-state index contributed by atoms with van der Waals surface area (Å²) in [5, 5.41) is 0. The third kappa shape index (κ3) is 4.35. The number of amides is 2. The van der Waals surface area contributed by atoms with Crippen LogP contribution in [-0.4, -0.2) is 18.4 Å². The number of hydrogen-bond acceptors (Lipinski definition) is 3. The van der Waals surface area contributed by atoms with Crippen molar-refractivity contribution in [2.75, 3.05) is 6.61 Å². The van der Waals surface area contributed by atoms with Crippen LogP contribution in [0.4, 0.5) is 4.39 Å². The van der Waals surface area contributed by atoms with Crippen molar-refractivity contribution in [3.63, 3.8) is 0 Å². The quantitative estimate of drug-likeness (QED) is 0.820. The molecule has 0 spiro atoms. The SMILES string of the molecule is Cc1ccc(OCC(=O)NNC(=O)C2CC2c2ccccc2F)cc1. The highest BCUT2D eigenvalue weighted by Crippen LogP contribution is 2.48. The third-order valence-electron chi connectivity index (χ3n) is 4.15. The van der Waals surface area contributed by atoms with E-state index in [1.165, 1.54) is 6.07 Å². The van der Waals surface area contributed by atoms with Crippen LogP contribution in [-0.2, 0) is 9.59 Å². The standard InChI is InChI=1S/C19H19FN2O3/c1-12-6-8-13(9-7-12)25-11-18(23)21-22-19(24)16-10-15(16)14-4-2-3-5-17(14)20/h2-9,15-16H,10-11H2,1H3,(H,21,23)(H,22,24). The maximum Gasteiger partial charge on any atom is 0.276 e. The lowest BCUT2D eigenvalue weighted by molar-refractivity contribution is -0.130. The first-order valence-corrected chi connectivity index (χ1v) is 8.07. The Morgan fingerprint density at radius 1 is 1.12 bits per heavy atom. The molecule has 2 aromatic carbocycles. The maximum absolute atomic E-state index is 13.7. The van der Waals surface area contributed by atoms with Gasteiger partial charge in [0.2, 0.25) is 5.91 Å². The van der Waals surface area contributed by atoms with E-state index in [9.17, 15) is 14.0 Å². The molecule has 2 unspecified atom stereocenters. The second-order valence-electron chi connectivity index (χ2n) is 6.11. The van der Waals surface area contributed by atoms with Gasteiger partial charge in [-0.05, 0) is 43.0 Å². The Kier molecular flexibility index (Phi) is 4.97. The average molecular weight is 342 g/mol. The average Bonchev–Trinajstić information content (AvgIpc) is 3.40. The van der Waals surface area contributed by atoms with Crippen molar-refractivity contribution in [3.8, 4) is 5.75 Å². The van der Waals surface area contributed by atoms with Gasteiger partial charge in [-0.25, -0.2) is 4.39 Å². The van der Waals surface area contributed by atoms with E-state index >= 15 is 0 Å². The smallest absolute Gasteiger partial charge is 0.276 e. The number of carbonyl (C=O) groups is 2. The van der Waals surface area contributed by atoms with Crippen LogP contribution < -0.4 is 15.6 Å². The molecule has 6 heteroatoms. The normalized spacial score (nSPS) is 18.3. The molecule has 2 aromatic rings. The summed E-state index contributed by atoms with van der Waals surface area (Å²) >= 11 is 0. The number of aryl methyl sites for hydroxylation is 1. The molecule has 1 fully saturated rings. The number of hydrogen-bond donors (Lipinski definition) is 2. The fourth-order valence-electron chi connectivity index (χ4n) is 2.65. The number of nitrogens with one attached hydrogen (secondary N) is 2. The van der Waals surface area contributed by atoms with Gasteiger partial charge in [0, 0.05) is 5.92 Å². The van der Waals surface area contributed by atoms with Crippen LogP contribution in [0.2, 0.25) is 0 Å². The monoisotopic (exact) mass is 342 g/mol. The first kappa shape index (κ1) is 17.0. The fourth-order valence-corrected chi connectivity index (χ4v) is 2.65. The van der Waals surface area contributed by atoms with Crippen LogP contribution in [0.1, 0.15) is 23.5 Å². The van der Waals surface area contributed by atoms with Gasteiger partial charge in [0.05, 0.1) is 0 Å². The Morgan fingerprint density at radius 3 is 2.56 bits per heavy atom. The number of benzene rings is 2. The van der Waals surface area contributed by atoms with Gasteiger partial charge in [-0.3, -0.25) is 20.4 Å². The topological polar surface area (TPSA) is 67.4 Å². The number of ether oxygens (including phenoxy) is 1. The van der Waals surface area contributed by atoms with Gasteiger partial charge < -0.3 is 4.74 Å². The minimum absolute atomic E-state index is 0.137. The molecular weight excluding hydrogens is 323 g/mol. The summed E-state index contributed by atoms with van der Waals surface area (Å²) in [7, 11) is 0. The van der Waals surface area contributed by atoms with Crippen molar-refractivity contribution in [2.45, 2.75) is 19.3 Å². The molecule has 0 aromatic heterocycles. The maximum atomic E-state index is 13.7. The van der Waals surface area contributed by atoms with Crippen molar-refractivity contribution in [1.82, 2.24) is 10.9 Å². The Balaban J connectivity index is 1.41. The molecule has 1 aliphatic rings. The number of halogens is 1. The lowest BCUT2D eigenvalue weighted by atomic mass is 10.1. The van der Waals surface area contributed by atoms with E-state index in [1.807, 2.05) is 19.1 Å². The van der Waals surface area contributed by atoms with E-state index < -0.39 is 5.91 Å². The largest absolute Gasteiger partial charge is 0.484 e. The molecule has 3 rings (SSSR count). The molecule has 0 aliphatic heterocycles. The lowest BCUT2D eigenvalue weighted by Crippen LogP contribution is -2.44. The van der Waals surface area contributed by atoms with Gasteiger partial charge in [0.15, 0.2) is 6.61 Å². The van der Waals surface area contributed by atoms with Gasteiger partial charge >= 0.3 is 0 Å². The van der Waals surface area contributed by atoms with Gasteiger partial charge in [0.1, 0.15) is 11.6 Å². The molecular formula is C19H19FN2O3. The zero-order chi connectivity index (χ0) is 17.8. The predicted molar refractivity (Wildman–Crippen MR) is 90.2 cm³/mol. The second kappa shape index (κ2) is 7.34. The van der Waals surface area contributed by atoms with Crippen molar-refractivity contribution in [2.24, 2.45) is 5.92 Å². The van der Waals surface area contributed by atoms with Crippen LogP contribution in [0.25, 0.3) is 0 Å². The van der Waals surface area contributed by atoms with Crippen LogP contribution in [0.5, 0.6) is 5.75 Å². The first-order valence-electron chi connectivity index (χ1n) is 8.07. The molecule has 0 heterocycles. The molecule has 2 N–H and O–H groups in total. The second-order valence-corrected chi connectivity index (χ2v) is 6.11. The summed E-state index contributed by atoms with van der Waals surface area (Å²) in [5.74, 6) is -0.974. The number of carbonyl (C=O) groups excluding carboxylic acids is 2. The summed E-state index contributed by atoms with van der Waals surface area (Å²) in [4.78, 5) is 23.8. The lowest BCUT2D eigenvalue weighted by Gasteiger charge is -2.09. The zero-order valence-electron chi connectivity index (χ0n) is 13.8. The van der Waals surface area contributed by atoms with Crippen molar-refractivity contribution in [3.05, 3.63) is 65.5 Å². The van der Waals surface area contributed by atoms with Crippen molar-refractivity contribution in [1.29, 1.82) is 0 Å². The van der Waals surface area contributed by atoms with Crippen LogP contribution in [0.15, 0.2) is 48.5 Å². The highest BCUT2D eigenvalue weighted by Gasteiger charge is 2.45. The Hall–Kier alpha value is -2.89. The van der Waals surface area contributed by atoms with Crippen molar-refractivity contribution < 1.29 is 18.7 Å². The van der Waals surface area contributed by atoms with E-state index in [0.29, 0.717) is 17.7 Å². The summed E-state index contributed by atoms with van der Waals surface area (Å²) in [6.07, 6.45) is 0.572. The summed E-state index contributed by atoms with van der Waals surface area (Å²) < 4.78 is 19.0. The van der Waals surface area contributed by atoms with E-state index in [-0.39, 0.29) is 30.2 Å². The Labute approximate surface area is 145 Å². The molecule has 5 nitrogen and oxygen atoms in total. The Morgan fingerprint density at radius 2 is 1.84 bits per heavy atom. The van der Waals surface area contributed by atoms with Gasteiger partial charge in [-0.2, -0.15) is 0 Å². The minimum Gasteiger partial charge on any atom is -0.484 e. The van der Waals surface area contributed by atoms with Crippen LogP contribution in [0.3, 0.4) is 0 Å². The van der Waals surface area contributed by atoms with Crippen LogP contribution in [0, 0.1) is 18.7 Å². The van der Waals surface area contributed by atoms with E-state index in [4.69, 9.17) is 4.74 Å². The minimum atomic E-state index is -0.461. The van der Waals surface area contributed by atoms with E-state index in [1.54, 1.807) is 30.3 Å².